The molecule has 2 aliphatic carbocycles. The van der Waals surface area contributed by atoms with Crippen LogP contribution < -0.4 is 14.8 Å². The van der Waals surface area contributed by atoms with Gasteiger partial charge in [0.25, 0.3) is 0 Å². The van der Waals surface area contributed by atoms with E-state index in [1.807, 2.05) is 12.1 Å². The van der Waals surface area contributed by atoms with E-state index in [2.05, 4.69) is 5.32 Å². The average Bonchev–Trinajstić information content (AvgIpc) is 2.91. The highest BCUT2D eigenvalue weighted by atomic mass is 16.6. The number of carbonyl (C=O) groups excluding carboxylic acids is 2. The van der Waals surface area contributed by atoms with Crippen molar-refractivity contribution in [1.29, 1.82) is 0 Å². The van der Waals surface area contributed by atoms with E-state index in [4.69, 9.17) is 14.2 Å². The van der Waals surface area contributed by atoms with Gasteiger partial charge in [0.1, 0.15) is 5.76 Å². The van der Waals surface area contributed by atoms with E-state index in [0.717, 1.165) is 37.1 Å². The summed E-state index contributed by atoms with van der Waals surface area (Å²) in [5.74, 6) is 2.16. The third-order valence-electron chi connectivity index (χ3n) is 6.20. The van der Waals surface area contributed by atoms with E-state index in [9.17, 15) is 9.59 Å². The second-order valence-corrected chi connectivity index (χ2v) is 7.60. The van der Waals surface area contributed by atoms with Gasteiger partial charge in [-0.3, -0.25) is 9.59 Å². The topological polar surface area (TPSA) is 73.9 Å². The first-order chi connectivity index (χ1) is 12.5. The molecule has 6 nitrogen and oxygen atoms in total. The van der Waals surface area contributed by atoms with Gasteiger partial charge in [-0.2, -0.15) is 0 Å². The van der Waals surface area contributed by atoms with Crippen LogP contribution in [0, 0.1) is 5.92 Å². The van der Waals surface area contributed by atoms with Crippen LogP contribution in [0.2, 0.25) is 0 Å². The Balaban J connectivity index is 1.76. The molecular formula is C20H21NO5. The molecule has 2 heterocycles. The molecule has 26 heavy (non-hydrogen) atoms. The number of piperidine rings is 1. The van der Waals surface area contributed by atoms with Crippen LogP contribution in [0.25, 0.3) is 0 Å². The van der Waals surface area contributed by atoms with Gasteiger partial charge in [-0.1, -0.05) is 6.07 Å². The average molecular weight is 355 g/mol. The SMILES string of the molecule is CC(=O)OC1=C2Oc3c(OC(C)=O)ccc4c3C23CCNC(C4)C3CC1. The first-order valence-electron chi connectivity index (χ1n) is 9.19. The van der Waals surface area contributed by atoms with Crippen LogP contribution in [-0.2, 0) is 26.2 Å². The predicted octanol–water partition coefficient (Wildman–Crippen LogP) is 2.34. The summed E-state index contributed by atoms with van der Waals surface area (Å²) in [5, 5.41) is 3.66. The van der Waals surface area contributed by atoms with Crippen molar-refractivity contribution in [2.45, 2.75) is 51.0 Å². The lowest BCUT2D eigenvalue weighted by Crippen LogP contribution is -2.59. The van der Waals surface area contributed by atoms with Crippen LogP contribution >= 0.6 is 0 Å². The quantitative estimate of drug-likeness (QED) is 0.648. The Labute approximate surface area is 151 Å². The van der Waals surface area contributed by atoms with Gasteiger partial charge >= 0.3 is 11.9 Å². The lowest BCUT2D eigenvalue weighted by atomic mass is 9.54. The summed E-state index contributed by atoms with van der Waals surface area (Å²) in [7, 11) is 0. The molecule has 2 bridgehead atoms. The van der Waals surface area contributed by atoms with Crippen molar-refractivity contribution in [2.24, 2.45) is 5.92 Å². The molecule has 6 heteroatoms. The minimum atomic E-state index is -0.373. The first-order valence-corrected chi connectivity index (χ1v) is 9.19. The number of benzene rings is 1. The maximum atomic E-state index is 11.6. The standard InChI is InChI=1S/C20H21NO5/c1-10(22)24-15-5-3-12-9-14-13-4-6-16(25-11(2)23)19-20(13,7-8-21-14)17(12)18(15)26-19/h3,5,13-14,21H,4,6-9H2,1-2H3. The summed E-state index contributed by atoms with van der Waals surface area (Å²) >= 11 is 0. The molecule has 1 saturated heterocycles. The Morgan fingerprint density at radius 1 is 1.23 bits per heavy atom. The maximum absolute atomic E-state index is 11.6. The molecule has 0 saturated carbocycles. The Bertz CT molecular complexity index is 873. The number of ether oxygens (including phenoxy) is 3. The summed E-state index contributed by atoms with van der Waals surface area (Å²) < 4.78 is 17.3. The van der Waals surface area contributed by atoms with Crippen molar-refractivity contribution in [3.63, 3.8) is 0 Å². The van der Waals surface area contributed by atoms with Crippen LogP contribution in [-0.4, -0.2) is 24.5 Å². The minimum Gasteiger partial charge on any atom is -0.453 e. The molecule has 1 spiro atoms. The molecule has 1 fully saturated rings. The van der Waals surface area contributed by atoms with E-state index in [-0.39, 0.29) is 17.4 Å². The molecule has 1 aromatic rings. The van der Waals surface area contributed by atoms with E-state index in [0.29, 0.717) is 35.6 Å². The molecular weight excluding hydrogens is 334 g/mol. The van der Waals surface area contributed by atoms with Gasteiger partial charge in [-0.15, -0.1) is 0 Å². The number of hydrogen-bond acceptors (Lipinski definition) is 6. The molecule has 0 aromatic heterocycles. The summed E-state index contributed by atoms with van der Waals surface area (Å²) in [6.07, 6.45) is 3.46. The van der Waals surface area contributed by atoms with Crippen LogP contribution in [0.3, 0.4) is 0 Å². The van der Waals surface area contributed by atoms with E-state index in [1.54, 1.807) is 0 Å². The monoisotopic (exact) mass is 355 g/mol. The van der Waals surface area contributed by atoms with E-state index < -0.39 is 0 Å². The zero-order valence-corrected chi connectivity index (χ0v) is 14.9. The zero-order chi connectivity index (χ0) is 18.1. The Hall–Kier alpha value is -2.34. The smallest absolute Gasteiger partial charge is 0.308 e. The number of hydrogen-bond donors (Lipinski definition) is 1. The number of esters is 2. The number of nitrogens with one attached hydrogen (secondary N) is 1. The minimum absolute atomic E-state index is 0.280. The third-order valence-corrected chi connectivity index (χ3v) is 6.20. The van der Waals surface area contributed by atoms with Gasteiger partial charge in [0, 0.05) is 31.9 Å². The molecule has 136 valence electrons. The fourth-order valence-electron chi connectivity index (χ4n) is 5.50. The van der Waals surface area contributed by atoms with Crippen molar-refractivity contribution in [3.05, 3.63) is 34.8 Å². The van der Waals surface area contributed by atoms with Crippen LogP contribution in [0.1, 0.15) is 44.2 Å². The van der Waals surface area contributed by atoms with Crippen molar-refractivity contribution < 1.29 is 23.8 Å². The van der Waals surface area contributed by atoms with Crippen molar-refractivity contribution in [2.75, 3.05) is 6.54 Å². The first kappa shape index (κ1) is 15.9. The third kappa shape index (κ3) is 1.96. The van der Waals surface area contributed by atoms with Gasteiger partial charge in [-0.25, -0.2) is 0 Å². The largest absolute Gasteiger partial charge is 0.453 e. The summed E-state index contributed by atoms with van der Waals surface area (Å²) in [6.45, 7) is 3.69. The van der Waals surface area contributed by atoms with Crippen LogP contribution in [0.4, 0.5) is 0 Å². The van der Waals surface area contributed by atoms with Crippen molar-refractivity contribution >= 4 is 11.9 Å². The highest BCUT2D eigenvalue weighted by Crippen LogP contribution is 2.64. The molecule has 5 rings (SSSR count). The number of rotatable bonds is 2. The van der Waals surface area contributed by atoms with E-state index >= 15 is 0 Å². The summed E-state index contributed by atoms with van der Waals surface area (Å²) in [4.78, 5) is 23.2. The van der Waals surface area contributed by atoms with Crippen molar-refractivity contribution in [1.82, 2.24) is 5.32 Å². The molecule has 3 atom stereocenters. The molecule has 4 aliphatic rings. The van der Waals surface area contributed by atoms with Gasteiger partial charge in [0.15, 0.2) is 17.3 Å². The summed E-state index contributed by atoms with van der Waals surface area (Å²) in [6, 6.07) is 4.24. The Morgan fingerprint density at radius 2 is 2.04 bits per heavy atom. The molecule has 1 N–H and O–H groups in total. The lowest BCUT2D eigenvalue weighted by Gasteiger charge is -2.52. The van der Waals surface area contributed by atoms with Crippen LogP contribution in [0.5, 0.6) is 11.5 Å². The lowest BCUT2D eigenvalue weighted by molar-refractivity contribution is -0.138. The highest BCUT2D eigenvalue weighted by molar-refractivity contribution is 5.73. The molecule has 0 amide bonds. The van der Waals surface area contributed by atoms with Gasteiger partial charge in [-0.05, 0) is 43.4 Å². The predicted molar refractivity (Wildman–Crippen MR) is 91.7 cm³/mol. The molecule has 1 aromatic carbocycles. The summed E-state index contributed by atoms with van der Waals surface area (Å²) in [5.41, 5.74) is 2.08. The van der Waals surface area contributed by atoms with Crippen molar-refractivity contribution in [3.8, 4) is 11.5 Å². The van der Waals surface area contributed by atoms with Gasteiger partial charge in [0.05, 0.1) is 5.41 Å². The highest BCUT2D eigenvalue weighted by Gasteiger charge is 2.62. The fraction of sp³-hybridized carbons (Fsp3) is 0.500. The Kier molecular flexibility index (Phi) is 3.26. The number of allylic oxidation sites excluding steroid dienone is 2. The maximum Gasteiger partial charge on any atom is 0.308 e. The zero-order valence-electron chi connectivity index (χ0n) is 14.9. The second-order valence-electron chi connectivity index (χ2n) is 7.60. The van der Waals surface area contributed by atoms with Crippen LogP contribution in [0.15, 0.2) is 23.7 Å². The molecule has 3 unspecified atom stereocenters. The van der Waals surface area contributed by atoms with E-state index in [1.165, 1.54) is 19.4 Å². The normalized spacial score (nSPS) is 30.4. The molecule has 0 radical (unpaired) electrons. The molecule has 2 aliphatic heterocycles. The second kappa shape index (κ2) is 5.33. The Morgan fingerprint density at radius 3 is 2.81 bits per heavy atom. The number of carbonyl (C=O) groups is 2. The fourth-order valence-corrected chi connectivity index (χ4v) is 5.50. The van der Waals surface area contributed by atoms with Gasteiger partial charge in [0.2, 0.25) is 0 Å². The van der Waals surface area contributed by atoms with Gasteiger partial charge < -0.3 is 19.5 Å².